The molecule has 2 amide bonds. The summed E-state index contributed by atoms with van der Waals surface area (Å²) in [6, 6.07) is 17.4. The third-order valence-electron chi connectivity index (χ3n) is 7.60. The predicted molar refractivity (Wildman–Crippen MR) is 159 cm³/mol. The molecule has 1 saturated heterocycles. The number of fused-ring (bicyclic) bond motifs is 1. The van der Waals surface area contributed by atoms with Crippen LogP contribution in [0.15, 0.2) is 73.1 Å². The van der Waals surface area contributed by atoms with Crippen LogP contribution in [0.25, 0.3) is 11.2 Å². The average Bonchev–Trinajstić information content (AvgIpc) is 3.45. The standard InChI is InChI=1S/C31H34N8O3/c1-2-42-31(41)38-16-12-23(13-17-38)27-7-5-15-39-28(27)34-30(35-39)33-25-10-8-24(9-11-25)29(40)37-20-18-36(19-21-37)22-26-6-3-4-14-32-26/h3-12,14-15H,2,13,16-22H2,1H3,(H,33,35). The number of ether oxygens (including phenoxy) is 1. The SMILES string of the molecule is CCOC(=O)N1CC=C(c2cccn3nc(Nc4ccc(C(=O)N5CCN(Cc6ccccn6)CC5)cc4)nc23)CC1. The number of pyridine rings is 2. The topological polar surface area (TPSA) is 108 Å². The van der Waals surface area contributed by atoms with E-state index < -0.39 is 0 Å². The van der Waals surface area contributed by atoms with E-state index >= 15 is 0 Å². The second-order valence-electron chi connectivity index (χ2n) is 10.3. The lowest BCUT2D eigenvalue weighted by Gasteiger charge is -2.34. The Labute approximate surface area is 244 Å². The minimum Gasteiger partial charge on any atom is -0.450 e. The van der Waals surface area contributed by atoms with E-state index in [9.17, 15) is 9.59 Å². The summed E-state index contributed by atoms with van der Waals surface area (Å²) < 4.78 is 6.88. The van der Waals surface area contributed by atoms with Gasteiger partial charge >= 0.3 is 6.09 Å². The van der Waals surface area contributed by atoms with Crippen LogP contribution in [0, 0.1) is 0 Å². The lowest BCUT2D eigenvalue weighted by molar-refractivity contribution is 0.0627. The minimum absolute atomic E-state index is 0.0387. The van der Waals surface area contributed by atoms with Gasteiger partial charge in [-0.25, -0.2) is 9.31 Å². The van der Waals surface area contributed by atoms with Gasteiger partial charge in [-0.2, -0.15) is 4.98 Å². The number of amides is 2. The van der Waals surface area contributed by atoms with Gasteiger partial charge in [0.1, 0.15) is 0 Å². The Kier molecular flexibility index (Phi) is 8.09. The second kappa shape index (κ2) is 12.4. The number of nitrogens with one attached hydrogen (secondary N) is 1. The molecule has 11 heteroatoms. The third-order valence-corrected chi connectivity index (χ3v) is 7.60. The van der Waals surface area contributed by atoms with Crippen molar-refractivity contribution in [1.82, 2.24) is 34.3 Å². The average molecular weight is 567 g/mol. The van der Waals surface area contributed by atoms with E-state index in [1.165, 1.54) is 0 Å². The van der Waals surface area contributed by atoms with Gasteiger partial charge in [0.25, 0.3) is 5.91 Å². The van der Waals surface area contributed by atoms with Crippen molar-refractivity contribution in [1.29, 1.82) is 0 Å². The molecule has 5 heterocycles. The number of hydrogen-bond donors (Lipinski definition) is 1. The van der Waals surface area contributed by atoms with Crippen LogP contribution in [0.5, 0.6) is 0 Å². The zero-order valence-corrected chi connectivity index (χ0v) is 23.6. The first-order valence-corrected chi connectivity index (χ1v) is 14.3. The Balaban J connectivity index is 1.07. The van der Waals surface area contributed by atoms with Crippen molar-refractivity contribution in [3.05, 3.63) is 89.9 Å². The van der Waals surface area contributed by atoms with Gasteiger partial charge < -0.3 is 19.9 Å². The fourth-order valence-electron chi connectivity index (χ4n) is 5.34. The minimum atomic E-state index is -0.285. The van der Waals surface area contributed by atoms with E-state index in [0.29, 0.717) is 50.7 Å². The smallest absolute Gasteiger partial charge is 0.410 e. The van der Waals surface area contributed by atoms with Crippen molar-refractivity contribution in [3.8, 4) is 0 Å². The largest absolute Gasteiger partial charge is 0.450 e. The summed E-state index contributed by atoms with van der Waals surface area (Å²) in [6.07, 6.45) is 6.15. The highest BCUT2D eigenvalue weighted by Gasteiger charge is 2.23. The van der Waals surface area contributed by atoms with Gasteiger partial charge in [-0.1, -0.05) is 12.1 Å². The molecule has 216 valence electrons. The quantitative estimate of drug-likeness (QED) is 0.357. The first-order valence-electron chi connectivity index (χ1n) is 14.3. The van der Waals surface area contributed by atoms with Gasteiger partial charge in [0.05, 0.1) is 12.3 Å². The molecule has 4 aromatic rings. The van der Waals surface area contributed by atoms with Crippen molar-refractivity contribution < 1.29 is 14.3 Å². The molecule has 2 aliphatic rings. The van der Waals surface area contributed by atoms with Crippen molar-refractivity contribution in [2.24, 2.45) is 0 Å². The maximum Gasteiger partial charge on any atom is 0.410 e. The van der Waals surface area contributed by atoms with E-state index in [0.717, 1.165) is 47.8 Å². The van der Waals surface area contributed by atoms with E-state index in [4.69, 9.17) is 9.72 Å². The molecule has 1 aromatic carbocycles. The molecule has 0 spiro atoms. The number of carbonyl (C=O) groups excluding carboxylic acids is 2. The third kappa shape index (κ3) is 6.10. The van der Waals surface area contributed by atoms with Crippen molar-refractivity contribution in [2.45, 2.75) is 19.9 Å². The van der Waals surface area contributed by atoms with E-state index in [2.05, 4.69) is 20.3 Å². The summed E-state index contributed by atoms with van der Waals surface area (Å²) in [5.41, 5.74) is 5.36. The number of aromatic nitrogens is 4. The molecule has 0 atom stereocenters. The maximum atomic E-state index is 13.1. The monoisotopic (exact) mass is 566 g/mol. The van der Waals surface area contributed by atoms with E-state index in [1.54, 1.807) is 9.42 Å². The Morgan fingerprint density at radius 2 is 1.79 bits per heavy atom. The van der Waals surface area contributed by atoms with Crippen LogP contribution in [-0.4, -0.2) is 92.2 Å². The molecule has 0 aliphatic carbocycles. The highest BCUT2D eigenvalue weighted by Crippen LogP contribution is 2.27. The predicted octanol–water partition coefficient (Wildman–Crippen LogP) is 4.07. The fraction of sp³-hybridized carbons (Fsp3) is 0.323. The summed E-state index contributed by atoms with van der Waals surface area (Å²) >= 11 is 0. The highest BCUT2D eigenvalue weighted by molar-refractivity contribution is 5.94. The molecule has 42 heavy (non-hydrogen) atoms. The van der Waals surface area contributed by atoms with Crippen LogP contribution in [0.4, 0.5) is 16.4 Å². The molecule has 1 fully saturated rings. The molecular weight excluding hydrogens is 532 g/mol. The van der Waals surface area contributed by atoms with E-state index in [1.807, 2.05) is 84.9 Å². The normalized spacial score (nSPS) is 15.9. The molecule has 1 N–H and O–H groups in total. The molecular formula is C31H34N8O3. The molecule has 0 bridgehead atoms. The summed E-state index contributed by atoms with van der Waals surface area (Å²) in [6.45, 7) is 7.10. The highest BCUT2D eigenvalue weighted by atomic mass is 16.6. The number of carbonyl (C=O) groups is 2. The summed E-state index contributed by atoms with van der Waals surface area (Å²) in [5.74, 6) is 0.506. The maximum absolute atomic E-state index is 13.1. The Bertz CT molecular complexity index is 1580. The van der Waals surface area contributed by atoms with E-state index in [-0.39, 0.29) is 12.0 Å². The number of hydrogen-bond acceptors (Lipinski definition) is 8. The Hall–Kier alpha value is -4.77. The lowest BCUT2D eigenvalue weighted by atomic mass is 10.0. The Morgan fingerprint density at radius 1 is 0.952 bits per heavy atom. The van der Waals surface area contributed by atoms with Crippen LogP contribution in [0.3, 0.4) is 0 Å². The molecule has 2 aliphatic heterocycles. The van der Waals surface area contributed by atoms with Gasteiger partial charge in [-0.05, 0) is 67.4 Å². The van der Waals surface area contributed by atoms with Crippen molar-refractivity contribution >= 4 is 34.9 Å². The summed E-state index contributed by atoms with van der Waals surface area (Å²) in [7, 11) is 0. The number of anilines is 2. The fourth-order valence-corrected chi connectivity index (χ4v) is 5.34. The summed E-state index contributed by atoms with van der Waals surface area (Å²) in [4.78, 5) is 40.3. The molecule has 3 aromatic heterocycles. The lowest BCUT2D eigenvalue weighted by Crippen LogP contribution is -2.48. The second-order valence-corrected chi connectivity index (χ2v) is 10.3. The Morgan fingerprint density at radius 3 is 2.50 bits per heavy atom. The van der Waals surface area contributed by atoms with Crippen LogP contribution >= 0.6 is 0 Å². The summed E-state index contributed by atoms with van der Waals surface area (Å²) in [5, 5.41) is 7.86. The van der Waals surface area contributed by atoms with Crippen LogP contribution in [0.2, 0.25) is 0 Å². The number of benzene rings is 1. The van der Waals surface area contributed by atoms with Gasteiger partial charge in [0.15, 0.2) is 5.65 Å². The molecule has 0 unspecified atom stereocenters. The molecule has 0 saturated carbocycles. The van der Waals surface area contributed by atoms with Gasteiger partial charge in [0.2, 0.25) is 5.95 Å². The molecule has 6 rings (SSSR count). The molecule has 11 nitrogen and oxygen atoms in total. The molecule has 0 radical (unpaired) electrons. The first kappa shape index (κ1) is 27.4. The zero-order chi connectivity index (χ0) is 28.9. The van der Waals surface area contributed by atoms with Crippen molar-refractivity contribution in [3.63, 3.8) is 0 Å². The van der Waals surface area contributed by atoms with Gasteiger partial charge in [-0.15, -0.1) is 5.10 Å². The zero-order valence-electron chi connectivity index (χ0n) is 23.6. The van der Waals surface area contributed by atoms with Crippen molar-refractivity contribution in [2.75, 3.05) is 51.2 Å². The van der Waals surface area contributed by atoms with Crippen LogP contribution < -0.4 is 5.32 Å². The van der Waals surface area contributed by atoms with Crippen LogP contribution in [0.1, 0.15) is 35.0 Å². The number of piperazine rings is 1. The van der Waals surface area contributed by atoms with Gasteiger partial charge in [0, 0.05) is 75.0 Å². The number of nitrogens with zero attached hydrogens (tertiary/aromatic N) is 7. The first-order chi connectivity index (χ1) is 20.6. The van der Waals surface area contributed by atoms with Crippen LogP contribution in [-0.2, 0) is 11.3 Å². The van der Waals surface area contributed by atoms with Gasteiger partial charge in [-0.3, -0.25) is 14.7 Å². The number of rotatable bonds is 7.